The molecule has 0 aliphatic heterocycles. The van der Waals surface area contributed by atoms with Gasteiger partial charge in [0.25, 0.3) is 11.7 Å². The highest BCUT2D eigenvalue weighted by molar-refractivity contribution is 6.10. The van der Waals surface area contributed by atoms with Crippen LogP contribution in [0.3, 0.4) is 0 Å². The number of hydrogen-bond donors (Lipinski definition) is 1. The number of nitrogens with one attached hydrogen (secondary N) is 1. The summed E-state index contributed by atoms with van der Waals surface area (Å²) < 4.78 is 11.1. The molecule has 2 amide bonds. The van der Waals surface area contributed by atoms with Crippen molar-refractivity contribution in [2.75, 3.05) is 19.2 Å². The molecule has 5 aromatic rings. The lowest BCUT2D eigenvalue weighted by atomic mass is 9.96. The van der Waals surface area contributed by atoms with Crippen molar-refractivity contribution in [3.8, 4) is 11.3 Å². The Balaban J connectivity index is 1.69. The number of anilines is 1. The van der Waals surface area contributed by atoms with Gasteiger partial charge in [-0.05, 0) is 18.2 Å². The van der Waals surface area contributed by atoms with E-state index < -0.39 is 18.0 Å². The van der Waals surface area contributed by atoms with Crippen molar-refractivity contribution in [3.63, 3.8) is 0 Å². The number of pyridine rings is 1. The van der Waals surface area contributed by atoms with E-state index in [1.54, 1.807) is 42.5 Å². The summed E-state index contributed by atoms with van der Waals surface area (Å²) in [5.41, 5.74) is 5.75. The molecule has 3 aromatic carbocycles. The first-order valence-electron chi connectivity index (χ1n) is 12.2. The third-order valence-electron chi connectivity index (χ3n) is 6.08. The van der Waals surface area contributed by atoms with E-state index in [1.165, 1.54) is 25.2 Å². The number of hydrogen-bond acceptors (Lipinski definition) is 8. The number of carbonyl (C=O) groups excluding carboxylic acids is 3. The first-order chi connectivity index (χ1) is 19.5. The summed E-state index contributed by atoms with van der Waals surface area (Å²) in [6, 6.07) is 25.2. The highest BCUT2D eigenvalue weighted by Crippen LogP contribution is 2.31. The van der Waals surface area contributed by atoms with Gasteiger partial charge in [-0.15, -0.1) is 5.10 Å². The quantitative estimate of drug-likeness (QED) is 0.252. The Morgan fingerprint density at radius 1 is 0.875 bits per heavy atom. The summed E-state index contributed by atoms with van der Waals surface area (Å²) in [6.45, 7) is 0.0401. The molecule has 0 fully saturated rings. The molecule has 0 atom stereocenters. The standard InChI is InChI=1S/C29H24N6O5/c1-39-28(37)26-30-18-34(32-26)17-22-24(27(36)33-35(29(38)40-2)20-13-7-4-8-14-20)21-15-9-10-16-23(21)31-25(22)19-11-5-3-6-12-19/h3-16,18H,17H2,1-2H3,(H,33,36). The smallest absolute Gasteiger partial charge is 0.433 e. The number of para-hydroxylation sites is 2. The van der Waals surface area contributed by atoms with Crippen molar-refractivity contribution in [2.45, 2.75) is 6.54 Å². The number of carbonyl (C=O) groups is 3. The molecule has 2 aromatic heterocycles. The number of rotatable bonds is 6. The Labute approximate surface area is 229 Å². The molecule has 2 heterocycles. The largest absolute Gasteiger partial charge is 0.463 e. The molecule has 0 spiro atoms. The van der Waals surface area contributed by atoms with Crippen LogP contribution >= 0.6 is 0 Å². The van der Waals surface area contributed by atoms with Crippen LogP contribution in [0.2, 0.25) is 0 Å². The minimum atomic E-state index is -0.776. The second-order valence-electron chi connectivity index (χ2n) is 8.54. The van der Waals surface area contributed by atoms with Gasteiger partial charge in [-0.1, -0.05) is 66.7 Å². The minimum absolute atomic E-state index is 0.0401. The molecule has 0 aliphatic carbocycles. The zero-order chi connectivity index (χ0) is 28.1. The van der Waals surface area contributed by atoms with E-state index in [1.807, 2.05) is 42.5 Å². The van der Waals surface area contributed by atoms with Crippen LogP contribution in [0.4, 0.5) is 10.5 Å². The van der Waals surface area contributed by atoms with Crippen molar-refractivity contribution in [1.82, 2.24) is 25.2 Å². The Bertz CT molecular complexity index is 1690. The SMILES string of the molecule is COC(=O)c1ncn(Cc2c(-c3ccccc3)nc3ccccc3c2C(=O)NN(C(=O)OC)c2ccccc2)n1. The number of methoxy groups -OCH3 is 2. The van der Waals surface area contributed by atoms with Crippen LogP contribution in [0.25, 0.3) is 22.2 Å². The zero-order valence-electron chi connectivity index (χ0n) is 21.6. The van der Waals surface area contributed by atoms with E-state index in [0.29, 0.717) is 27.8 Å². The lowest BCUT2D eigenvalue weighted by Crippen LogP contribution is -2.47. The molecule has 0 unspecified atom stereocenters. The Morgan fingerprint density at radius 2 is 1.55 bits per heavy atom. The van der Waals surface area contributed by atoms with Gasteiger partial charge >= 0.3 is 12.1 Å². The summed E-state index contributed by atoms with van der Waals surface area (Å²) in [4.78, 5) is 47.7. The van der Waals surface area contributed by atoms with Gasteiger partial charge < -0.3 is 9.47 Å². The van der Waals surface area contributed by atoms with E-state index in [2.05, 4.69) is 15.5 Å². The molecule has 40 heavy (non-hydrogen) atoms. The maximum Gasteiger partial charge on any atom is 0.433 e. The van der Waals surface area contributed by atoms with Gasteiger partial charge in [-0.25, -0.2) is 24.2 Å². The van der Waals surface area contributed by atoms with Gasteiger partial charge in [-0.3, -0.25) is 10.2 Å². The second-order valence-corrected chi connectivity index (χ2v) is 8.54. The number of esters is 1. The van der Waals surface area contributed by atoms with Crippen molar-refractivity contribution in [2.24, 2.45) is 0 Å². The summed E-state index contributed by atoms with van der Waals surface area (Å²) in [5, 5.41) is 5.82. The third-order valence-corrected chi connectivity index (χ3v) is 6.08. The number of aromatic nitrogens is 4. The fourth-order valence-electron chi connectivity index (χ4n) is 4.26. The molecule has 1 N–H and O–H groups in total. The summed E-state index contributed by atoms with van der Waals surface area (Å²) in [7, 11) is 2.47. The van der Waals surface area contributed by atoms with Gasteiger partial charge in [0.05, 0.1) is 43.2 Å². The molecule has 11 heteroatoms. The summed E-state index contributed by atoms with van der Waals surface area (Å²) in [6.07, 6.45) is 0.601. The maximum atomic E-state index is 14.1. The monoisotopic (exact) mass is 536 g/mol. The van der Waals surface area contributed by atoms with E-state index in [9.17, 15) is 14.4 Å². The number of hydrazine groups is 1. The predicted octanol–water partition coefficient (Wildman–Crippen LogP) is 4.25. The molecular weight excluding hydrogens is 512 g/mol. The number of ether oxygens (including phenoxy) is 2. The van der Waals surface area contributed by atoms with Gasteiger partial charge in [0.15, 0.2) is 0 Å². The molecule has 200 valence electrons. The van der Waals surface area contributed by atoms with Crippen LogP contribution < -0.4 is 10.4 Å². The van der Waals surface area contributed by atoms with Gasteiger partial charge in [0.2, 0.25) is 0 Å². The van der Waals surface area contributed by atoms with Crippen molar-refractivity contribution < 1.29 is 23.9 Å². The van der Waals surface area contributed by atoms with Crippen molar-refractivity contribution in [1.29, 1.82) is 0 Å². The fourth-order valence-corrected chi connectivity index (χ4v) is 4.26. The highest BCUT2D eigenvalue weighted by atomic mass is 16.5. The molecule has 0 bridgehead atoms. The van der Waals surface area contributed by atoms with Crippen LogP contribution in [0.1, 0.15) is 26.5 Å². The Kier molecular flexibility index (Phi) is 7.45. The zero-order valence-corrected chi connectivity index (χ0v) is 21.6. The van der Waals surface area contributed by atoms with Crippen molar-refractivity contribution in [3.05, 3.63) is 108 Å². The summed E-state index contributed by atoms with van der Waals surface area (Å²) in [5.74, 6) is -1.38. The first-order valence-corrected chi connectivity index (χ1v) is 12.2. The molecule has 0 aliphatic rings. The molecule has 11 nitrogen and oxygen atoms in total. The van der Waals surface area contributed by atoms with Crippen LogP contribution in [0.5, 0.6) is 0 Å². The molecule has 0 saturated heterocycles. The number of fused-ring (bicyclic) bond motifs is 1. The normalized spacial score (nSPS) is 10.7. The lowest BCUT2D eigenvalue weighted by molar-refractivity contribution is 0.0586. The first kappa shape index (κ1) is 26.0. The van der Waals surface area contributed by atoms with E-state index >= 15 is 0 Å². The van der Waals surface area contributed by atoms with Gasteiger partial charge in [-0.2, -0.15) is 5.01 Å². The number of nitrogens with zero attached hydrogens (tertiary/aromatic N) is 5. The predicted molar refractivity (Wildman–Crippen MR) is 146 cm³/mol. The maximum absolute atomic E-state index is 14.1. The average Bonchev–Trinajstić information content (AvgIpc) is 3.48. The molecule has 5 rings (SSSR count). The molecular formula is C29H24N6O5. The lowest BCUT2D eigenvalue weighted by Gasteiger charge is -2.24. The van der Waals surface area contributed by atoms with Gasteiger partial charge in [0.1, 0.15) is 6.33 Å². The molecule has 0 radical (unpaired) electrons. The minimum Gasteiger partial charge on any atom is -0.463 e. The van der Waals surface area contributed by atoms with Crippen LogP contribution in [-0.2, 0) is 16.0 Å². The Morgan fingerprint density at radius 3 is 2.25 bits per heavy atom. The van der Waals surface area contributed by atoms with Gasteiger partial charge in [0, 0.05) is 16.5 Å². The molecule has 0 saturated carbocycles. The summed E-state index contributed by atoms with van der Waals surface area (Å²) >= 11 is 0. The highest BCUT2D eigenvalue weighted by Gasteiger charge is 2.26. The van der Waals surface area contributed by atoms with Crippen LogP contribution in [0, 0.1) is 0 Å². The average molecular weight is 537 g/mol. The fraction of sp³-hybridized carbons (Fsp3) is 0.103. The van der Waals surface area contributed by atoms with Crippen molar-refractivity contribution >= 4 is 34.6 Å². The van der Waals surface area contributed by atoms with Crippen LogP contribution in [0.15, 0.2) is 91.3 Å². The van der Waals surface area contributed by atoms with E-state index in [0.717, 1.165) is 10.6 Å². The Hall–Kier alpha value is -5.58. The van der Waals surface area contributed by atoms with Crippen LogP contribution in [-0.4, -0.2) is 51.9 Å². The van der Waals surface area contributed by atoms with E-state index in [-0.39, 0.29) is 17.9 Å². The number of benzene rings is 3. The topological polar surface area (TPSA) is 129 Å². The number of amides is 2. The second kappa shape index (κ2) is 11.4. The third kappa shape index (κ3) is 5.20. The van der Waals surface area contributed by atoms with E-state index in [4.69, 9.17) is 14.5 Å².